The fourth-order valence-corrected chi connectivity index (χ4v) is 1.76. The Morgan fingerprint density at radius 1 is 1.27 bits per heavy atom. The smallest absolute Gasteiger partial charge is 0.162 e. The lowest BCUT2D eigenvalue weighted by Gasteiger charge is -2.41. The molecule has 15 heavy (non-hydrogen) atoms. The van der Waals surface area contributed by atoms with Gasteiger partial charge in [0.15, 0.2) is 6.29 Å². The quantitative estimate of drug-likeness (QED) is 0.680. The van der Waals surface area contributed by atoms with Crippen LogP contribution < -0.4 is 0 Å². The number of hydrogen-bond donors (Lipinski definition) is 2. The van der Waals surface area contributed by atoms with Crippen molar-refractivity contribution in [3.63, 3.8) is 0 Å². The van der Waals surface area contributed by atoms with Crippen molar-refractivity contribution < 1.29 is 29.1 Å². The predicted molar refractivity (Wildman–Crippen MR) is 51.2 cm³/mol. The highest BCUT2D eigenvalue weighted by Gasteiger charge is 2.43. The van der Waals surface area contributed by atoms with Crippen LogP contribution in [0.1, 0.15) is 6.92 Å². The van der Waals surface area contributed by atoms with Crippen LogP contribution in [0.3, 0.4) is 0 Å². The van der Waals surface area contributed by atoms with Gasteiger partial charge in [-0.1, -0.05) is 6.92 Å². The molecule has 1 fully saturated rings. The minimum absolute atomic E-state index is 0. The zero-order chi connectivity index (χ0) is 10.7. The van der Waals surface area contributed by atoms with Crippen LogP contribution in [0.25, 0.3) is 0 Å². The summed E-state index contributed by atoms with van der Waals surface area (Å²) < 4.78 is 15.5. The molecular weight excluding hydrogens is 207 g/mol. The number of aliphatic hydroxyl groups is 2. The van der Waals surface area contributed by atoms with E-state index in [0.29, 0.717) is 0 Å². The van der Waals surface area contributed by atoms with Gasteiger partial charge >= 0.3 is 0 Å². The van der Waals surface area contributed by atoms with Crippen LogP contribution in [0.2, 0.25) is 0 Å². The number of methoxy groups -OCH3 is 2. The van der Waals surface area contributed by atoms with Gasteiger partial charge < -0.3 is 24.4 Å². The standard InChI is InChI=1S/C9H18O5.FH/c1-5-7(11)8(12-2)6(4-10)14-9(5)13-3;/h5-11H,4H2,1-3H3;1H. The molecule has 0 radical (unpaired) electrons. The zero-order valence-electron chi connectivity index (χ0n) is 9.12. The van der Waals surface area contributed by atoms with Crippen LogP contribution in [0.4, 0.5) is 4.70 Å². The van der Waals surface area contributed by atoms with Crippen molar-refractivity contribution in [3.8, 4) is 0 Å². The van der Waals surface area contributed by atoms with E-state index in [1.807, 2.05) is 6.92 Å². The normalized spacial score (nSPS) is 41.0. The first-order chi connectivity index (χ1) is 6.65. The van der Waals surface area contributed by atoms with Crippen molar-refractivity contribution in [1.29, 1.82) is 0 Å². The van der Waals surface area contributed by atoms with Gasteiger partial charge in [-0.15, -0.1) is 0 Å². The molecule has 1 rings (SSSR count). The first kappa shape index (κ1) is 14.7. The zero-order valence-corrected chi connectivity index (χ0v) is 9.12. The summed E-state index contributed by atoms with van der Waals surface area (Å²) in [5.41, 5.74) is 0. The third-order valence-corrected chi connectivity index (χ3v) is 2.66. The largest absolute Gasteiger partial charge is 0.394 e. The molecular formula is C9H19FO5. The molecule has 92 valence electrons. The highest BCUT2D eigenvalue weighted by Crippen LogP contribution is 2.27. The highest BCUT2D eigenvalue weighted by molar-refractivity contribution is 4.87. The lowest BCUT2D eigenvalue weighted by molar-refractivity contribution is -0.279. The van der Waals surface area contributed by atoms with Crippen LogP contribution >= 0.6 is 0 Å². The summed E-state index contributed by atoms with van der Waals surface area (Å²) in [5, 5.41) is 18.9. The Morgan fingerprint density at radius 2 is 1.87 bits per heavy atom. The molecule has 1 heterocycles. The monoisotopic (exact) mass is 226 g/mol. The highest BCUT2D eigenvalue weighted by atomic mass is 19.0. The maximum atomic E-state index is 9.84. The third kappa shape index (κ3) is 2.85. The van der Waals surface area contributed by atoms with Crippen LogP contribution in [0.15, 0.2) is 0 Å². The molecule has 0 aromatic heterocycles. The number of rotatable bonds is 3. The lowest BCUT2D eigenvalue weighted by Crippen LogP contribution is -2.55. The van der Waals surface area contributed by atoms with E-state index in [1.54, 1.807) is 0 Å². The maximum absolute atomic E-state index is 9.84. The molecule has 0 aromatic rings. The van der Waals surface area contributed by atoms with E-state index in [0.717, 1.165) is 0 Å². The Morgan fingerprint density at radius 3 is 2.27 bits per heavy atom. The second kappa shape index (κ2) is 6.34. The molecule has 0 spiro atoms. The van der Waals surface area contributed by atoms with Crippen molar-refractivity contribution in [2.75, 3.05) is 20.8 Å². The van der Waals surface area contributed by atoms with E-state index in [1.165, 1.54) is 14.2 Å². The molecule has 5 nitrogen and oxygen atoms in total. The molecule has 0 saturated carbocycles. The second-order valence-corrected chi connectivity index (χ2v) is 3.51. The Hall–Kier alpha value is -0.270. The average Bonchev–Trinajstić information content (AvgIpc) is 2.21. The number of halogens is 1. The Labute approximate surface area is 88.3 Å². The Bertz CT molecular complexity index is 178. The van der Waals surface area contributed by atoms with E-state index in [-0.39, 0.29) is 17.2 Å². The summed E-state index contributed by atoms with van der Waals surface area (Å²) in [4.78, 5) is 0. The van der Waals surface area contributed by atoms with Gasteiger partial charge in [0.1, 0.15) is 12.2 Å². The van der Waals surface area contributed by atoms with Gasteiger partial charge in [-0.05, 0) is 0 Å². The van der Waals surface area contributed by atoms with E-state index in [9.17, 15) is 5.11 Å². The van der Waals surface area contributed by atoms with E-state index in [4.69, 9.17) is 19.3 Å². The first-order valence-corrected chi connectivity index (χ1v) is 4.65. The summed E-state index contributed by atoms with van der Waals surface area (Å²) in [5.74, 6) is -0.173. The van der Waals surface area contributed by atoms with Gasteiger partial charge in [0.05, 0.1) is 12.7 Å². The van der Waals surface area contributed by atoms with E-state index in [2.05, 4.69) is 0 Å². The molecule has 6 heteroatoms. The molecule has 1 aliphatic heterocycles. The van der Waals surface area contributed by atoms with Gasteiger partial charge in [0.25, 0.3) is 0 Å². The number of aliphatic hydroxyl groups excluding tert-OH is 2. The van der Waals surface area contributed by atoms with Gasteiger partial charge in [-0.25, -0.2) is 0 Å². The molecule has 2 N–H and O–H groups in total. The van der Waals surface area contributed by atoms with Crippen LogP contribution in [-0.2, 0) is 14.2 Å². The molecule has 5 atom stereocenters. The maximum Gasteiger partial charge on any atom is 0.162 e. The summed E-state index contributed by atoms with van der Waals surface area (Å²) >= 11 is 0. The third-order valence-electron chi connectivity index (χ3n) is 2.66. The van der Waals surface area contributed by atoms with Crippen LogP contribution in [0, 0.1) is 5.92 Å². The fourth-order valence-electron chi connectivity index (χ4n) is 1.76. The van der Waals surface area contributed by atoms with Crippen LogP contribution in [0.5, 0.6) is 0 Å². The van der Waals surface area contributed by atoms with Gasteiger partial charge in [-0.3, -0.25) is 4.70 Å². The first-order valence-electron chi connectivity index (χ1n) is 4.65. The second-order valence-electron chi connectivity index (χ2n) is 3.51. The lowest BCUT2D eigenvalue weighted by atomic mass is 9.92. The molecule has 0 amide bonds. The molecule has 1 saturated heterocycles. The van der Waals surface area contributed by atoms with Gasteiger partial charge in [0.2, 0.25) is 0 Å². The van der Waals surface area contributed by atoms with Crippen molar-refractivity contribution in [2.45, 2.75) is 31.5 Å². The van der Waals surface area contributed by atoms with Crippen molar-refractivity contribution in [3.05, 3.63) is 0 Å². The SMILES string of the molecule is COC1OC(CO)C(OC)C(O)C1C.F. The summed E-state index contributed by atoms with van der Waals surface area (Å²) in [6, 6.07) is 0. The van der Waals surface area contributed by atoms with Crippen LogP contribution in [-0.4, -0.2) is 55.6 Å². The van der Waals surface area contributed by atoms with E-state index >= 15 is 0 Å². The summed E-state index contributed by atoms with van der Waals surface area (Å²) in [7, 11) is 3.00. The van der Waals surface area contributed by atoms with Crippen molar-refractivity contribution in [1.82, 2.24) is 0 Å². The minimum Gasteiger partial charge on any atom is -0.394 e. The fraction of sp³-hybridized carbons (Fsp3) is 1.00. The molecule has 0 bridgehead atoms. The van der Waals surface area contributed by atoms with E-state index < -0.39 is 24.6 Å². The number of ether oxygens (including phenoxy) is 3. The summed E-state index contributed by atoms with van der Waals surface area (Å²) in [6.07, 6.45) is -2.21. The molecule has 5 unspecified atom stereocenters. The minimum atomic E-state index is -0.684. The van der Waals surface area contributed by atoms with Crippen molar-refractivity contribution in [2.24, 2.45) is 5.92 Å². The molecule has 0 aromatic carbocycles. The average molecular weight is 226 g/mol. The molecule has 1 aliphatic rings. The van der Waals surface area contributed by atoms with Crippen molar-refractivity contribution >= 4 is 0 Å². The molecule has 0 aliphatic carbocycles. The number of hydrogen-bond acceptors (Lipinski definition) is 5. The van der Waals surface area contributed by atoms with Gasteiger partial charge in [0, 0.05) is 20.1 Å². The summed E-state index contributed by atoms with van der Waals surface area (Å²) in [6.45, 7) is 1.63. The topological polar surface area (TPSA) is 68.2 Å². The predicted octanol–water partition coefficient (Wildman–Crippen LogP) is -0.486. The van der Waals surface area contributed by atoms with Gasteiger partial charge in [-0.2, -0.15) is 0 Å². The Balaban J connectivity index is 0.00000196. The Kier molecular flexibility index (Phi) is 6.23.